The summed E-state index contributed by atoms with van der Waals surface area (Å²) in [5.74, 6) is 0.724. The highest BCUT2D eigenvalue weighted by molar-refractivity contribution is 5.27. The molecule has 152 valence electrons. The van der Waals surface area contributed by atoms with E-state index in [1.165, 1.54) is 0 Å². The smallest absolute Gasteiger partial charge is 0.123 e. The summed E-state index contributed by atoms with van der Waals surface area (Å²) in [6.07, 6.45) is 1.61. The Kier molecular flexibility index (Phi) is 10.3. The molecule has 7 nitrogen and oxygen atoms in total. The van der Waals surface area contributed by atoms with Gasteiger partial charge in [-0.1, -0.05) is 12.7 Å². The average Bonchev–Trinajstić information content (AvgIpc) is 2.67. The van der Waals surface area contributed by atoms with Gasteiger partial charge in [0.15, 0.2) is 0 Å². The molecule has 27 heavy (non-hydrogen) atoms. The highest BCUT2D eigenvalue weighted by atomic mass is 16.6. The zero-order chi connectivity index (χ0) is 19.3. The Morgan fingerprint density at radius 2 is 1.48 bits per heavy atom. The molecule has 0 aromatic carbocycles. The zero-order valence-corrected chi connectivity index (χ0v) is 16.4. The molecule has 0 N–H and O–H groups in total. The number of pyridine rings is 1. The minimum absolute atomic E-state index is 0.0495. The molecule has 1 aromatic heterocycles. The minimum atomic E-state index is -0.0495. The standard InChI is InChI=1S/C20H31NO6/c1-4-5-25-20-10-18-14-26-16(2)12-23-8-6-22-7-9-24-13-17(3)27-15-19(11-20)21-18/h4,10-11,16-17H,1,5-9,12-15H2,2-3H3/t16-,17-/m0/s1. The van der Waals surface area contributed by atoms with Crippen molar-refractivity contribution in [2.45, 2.75) is 39.3 Å². The number of hydrogen-bond acceptors (Lipinski definition) is 7. The zero-order valence-electron chi connectivity index (χ0n) is 16.4. The van der Waals surface area contributed by atoms with Gasteiger partial charge in [-0.2, -0.15) is 0 Å². The third-order valence-electron chi connectivity index (χ3n) is 3.75. The fourth-order valence-electron chi connectivity index (χ4n) is 2.39. The maximum absolute atomic E-state index is 5.84. The molecule has 0 radical (unpaired) electrons. The molecule has 0 amide bonds. The highest BCUT2D eigenvalue weighted by Crippen LogP contribution is 2.17. The van der Waals surface area contributed by atoms with Crippen LogP contribution in [0.25, 0.3) is 0 Å². The second kappa shape index (κ2) is 12.8. The predicted molar refractivity (Wildman–Crippen MR) is 101 cm³/mol. The Balaban J connectivity index is 2.03. The van der Waals surface area contributed by atoms with E-state index >= 15 is 0 Å². The summed E-state index contributed by atoms with van der Waals surface area (Å²) < 4.78 is 34.0. The lowest BCUT2D eigenvalue weighted by molar-refractivity contribution is -0.0481. The van der Waals surface area contributed by atoms with Gasteiger partial charge in [0.2, 0.25) is 0 Å². The second-order valence-corrected chi connectivity index (χ2v) is 6.39. The molecule has 0 unspecified atom stereocenters. The normalized spacial score (nSPS) is 23.8. The summed E-state index contributed by atoms with van der Waals surface area (Å²) in [4.78, 5) is 4.62. The van der Waals surface area contributed by atoms with E-state index in [1.807, 2.05) is 26.0 Å². The topological polar surface area (TPSA) is 68.3 Å². The van der Waals surface area contributed by atoms with Crippen LogP contribution in [-0.4, -0.2) is 63.4 Å². The Morgan fingerprint density at radius 3 is 2.00 bits per heavy atom. The van der Waals surface area contributed by atoms with Crippen molar-refractivity contribution in [3.63, 3.8) is 0 Å². The van der Waals surface area contributed by atoms with Gasteiger partial charge in [-0.05, 0) is 13.8 Å². The van der Waals surface area contributed by atoms with E-state index in [9.17, 15) is 0 Å². The summed E-state index contributed by atoms with van der Waals surface area (Å²) >= 11 is 0. The van der Waals surface area contributed by atoms with Gasteiger partial charge in [-0.15, -0.1) is 0 Å². The number of hydrogen-bond donors (Lipinski definition) is 0. The molecule has 7 heteroatoms. The van der Waals surface area contributed by atoms with E-state index in [0.717, 1.165) is 17.1 Å². The number of aromatic nitrogens is 1. The Labute approximate surface area is 161 Å². The van der Waals surface area contributed by atoms with Crippen LogP contribution in [0, 0.1) is 0 Å². The quantitative estimate of drug-likeness (QED) is 0.745. The van der Waals surface area contributed by atoms with Gasteiger partial charge in [0.25, 0.3) is 0 Å². The molecule has 2 bridgehead atoms. The third kappa shape index (κ3) is 9.30. The van der Waals surface area contributed by atoms with E-state index in [0.29, 0.717) is 59.5 Å². The van der Waals surface area contributed by atoms with Gasteiger partial charge >= 0.3 is 0 Å². The van der Waals surface area contributed by atoms with E-state index in [1.54, 1.807) is 6.08 Å². The summed E-state index contributed by atoms with van der Waals surface area (Å²) in [6.45, 7) is 11.9. The van der Waals surface area contributed by atoms with Crippen molar-refractivity contribution >= 4 is 0 Å². The SMILES string of the molecule is C=CCOc1cc2nc(c1)CO[C@@H](C)COCCOCCOC[C@H](C)OC2. The molecule has 0 aliphatic carbocycles. The van der Waals surface area contributed by atoms with Crippen LogP contribution < -0.4 is 4.74 Å². The Morgan fingerprint density at radius 1 is 0.963 bits per heavy atom. The van der Waals surface area contributed by atoms with Gasteiger partial charge in [0, 0.05) is 12.1 Å². The molecule has 0 saturated heterocycles. The fraction of sp³-hybridized carbons (Fsp3) is 0.650. The lowest BCUT2D eigenvalue weighted by Gasteiger charge is -2.17. The first kappa shape index (κ1) is 21.8. The molecule has 2 atom stereocenters. The van der Waals surface area contributed by atoms with Crippen LogP contribution in [0.5, 0.6) is 5.75 Å². The lowest BCUT2D eigenvalue weighted by Crippen LogP contribution is -2.20. The van der Waals surface area contributed by atoms with Gasteiger partial charge in [-0.3, -0.25) is 4.98 Å². The van der Waals surface area contributed by atoms with E-state index in [2.05, 4.69) is 11.6 Å². The van der Waals surface area contributed by atoms with E-state index < -0.39 is 0 Å². The molecule has 1 aliphatic rings. The summed E-state index contributed by atoms with van der Waals surface area (Å²) in [5, 5.41) is 0. The van der Waals surface area contributed by atoms with Crippen LogP contribution >= 0.6 is 0 Å². The largest absolute Gasteiger partial charge is 0.489 e. The molecule has 1 aromatic rings. The highest BCUT2D eigenvalue weighted by Gasteiger charge is 2.10. The maximum Gasteiger partial charge on any atom is 0.123 e. The molecule has 2 rings (SSSR count). The van der Waals surface area contributed by atoms with Crippen molar-refractivity contribution in [3.8, 4) is 5.75 Å². The maximum atomic E-state index is 5.84. The van der Waals surface area contributed by atoms with Crippen LogP contribution in [0.15, 0.2) is 24.8 Å². The van der Waals surface area contributed by atoms with Crippen molar-refractivity contribution in [3.05, 3.63) is 36.2 Å². The number of ether oxygens (including phenoxy) is 6. The molecule has 2 heterocycles. The Hall–Kier alpha value is -1.51. The first-order chi connectivity index (χ1) is 13.2. The summed E-state index contributed by atoms with van der Waals surface area (Å²) in [7, 11) is 0. The van der Waals surface area contributed by atoms with Crippen molar-refractivity contribution in [2.75, 3.05) is 46.2 Å². The van der Waals surface area contributed by atoms with Gasteiger partial charge in [-0.25, -0.2) is 0 Å². The Bertz CT molecular complexity index is 515. The van der Waals surface area contributed by atoms with Crippen molar-refractivity contribution in [1.29, 1.82) is 0 Å². The first-order valence-electron chi connectivity index (χ1n) is 9.37. The van der Waals surface area contributed by atoms with Crippen molar-refractivity contribution < 1.29 is 28.4 Å². The summed E-state index contributed by atoms with van der Waals surface area (Å²) in [5.41, 5.74) is 1.57. The summed E-state index contributed by atoms with van der Waals surface area (Å²) in [6, 6.07) is 3.75. The van der Waals surface area contributed by atoms with Crippen molar-refractivity contribution in [1.82, 2.24) is 4.98 Å². The molecular formula is C20H31NO6. The third-order valence-corrected chi connectivity index (χ3v) is 3.75. The van der Waals surface area contributed by atoms with Crippen LogP contribution in [0.4, 0.5) is 0 Å². The van der Waals surface area contributed by atoms with Gasteiger partial charge < -0.3 is 28.4 Å². The van der Waals surface area contributed by atoms with Crippen LogP contribution in [-0.2, 0) is 36.9 Å². The monoisotopic (exact) mass is 381 g/mol. The molecule has 0 fully saturated rings. The van der Waals surface area contributed by atoms with E-state index in [-0.39, 0.29) is 12.2 Å². The van der Waals surface area contributed by atoms with Crippen molar-refractivity contribution in [2.24, 2.45) is 0 Å². The number of fused-ring (bicyclic) bond motifs is 2. The van der Waals surface area contributed by atoms with E-state index in [4.69, 9.17) is 28.4 Å². The molecule has 0 spiro atoms. The average molecular weight is 381 g/mol. The first-order valence-corrected chi connectivity index (χ1v) is 9.37. The second-order valence-electron chi connectivity index (χ2n) is 6.39. The van der Waals surface area contributed by atoms with Gasteiger partial charge in [0.1, 0.15) is 12.4 Å². The fourth-order valence-corrected chi connectivity index (χ4v) is 2.39. The number of nitrogens with zero attached hydrogens (tertiary/aromatic N) is 1. The minimum Gasteiger partial charge on any atom is -0.489 e. The molecular weight excluding hydrogens is 350 g/mol. The van der Waals surface area contributed by atoms with Gasteiger partial charge in [0.05, 0.1) is 76.5 Å². The van der Waals surface area contributed by atoms with Crippen LogP contribution in [0.3, 0.4) is 0 Å². The van der Waals surface area contributed by atoms with Crippen LogP contribution in [0.2, 0.25) is 0 Å². The molecule has 1 aliphatic heterocycles. The molecule has 0 saturated carbocycles. The number of rotatable bonds is 3. The lowest BCUT2D eigenvalue weighted by atomic mass is 10.3. The van der Waals surface area contributed by atoms with Crippen LogP contribution in [0.1, 0.15) is 25.2 Å². The predicted octanol–water partition coefficient (Wildman–Crippen LogP) is 2.52.